The molecule has 0 aromatic heterocycles. The van der Waals surface area contributed by atoms with Crippen LogP contribution in [0.2, 0.25) is 5.02 Å². The number of hydrogen-bond acceptors (Lipinski definition) is 1. The number of rotatable bonds is 2. The maximum Gasteiger partial charge on any atom is 0.142 e. The van der Waals surface area contributed by atoms with E-state index in [2.05, 4.69) is 0 Å². The predicted molar refractivity (Wildman–Crippen MR) is 58.3 cm³/mol. The van der Waals surface area contributed by atoms with Gasteiger partial charge in [-0.15, -0.1) is 0 Å². The third-order valence-electron chi connectivity index (χ3n) is 3.13. The van der Waals surface area contributed by atoms with Crippen LogP contribution in [0.5, 0.6) is 0 Å². The Morgan fingerprint density at radius 3 is 2.60 bits per heavy atom. The fourth-order valence-electron chi connectivity index (χ4n) is 2.24. The minimum absolute atomic E-state index is 0.109. The van der Waals surface area contributed by atoms with E-state index in [0.29, 0.717) is 5.56 Å². The summed E-state index contributed by atoms with van der Waals surface area (Å²) in [5, 5.41) is 10.1. The van der Waals surface area contributed by atoms with Gasteiger partial charge in [0, 0.05) is 0 Å². The summed E-state index contributed by atoms with van der Waals surface area (Å²) in [7, 11) is 0. The van der Waals surface area contributed by atoms with Crippen molar-refractivity contribution in [3.63, 3.8) is 0 Å². The highest BCUT2D eigenvalue weighted by Gasteiger charge is 2.24. The average molecular weight is 229 g/mol. The molecule has 1 nitrogen and oxygen atoms in total. The van der Waals surface area contributed by atoms with Crippen LogP contribution in [0.3, 0.4) is 0 Å². The lowest BCUT2D eigenvalue weighted by molar-refractivity contribution is 0.111. The van der Waals surface area contributed by atoms with Crippen LogP contribution in [0.25, 0.3) is 0 Å². The zero-order valence-corrected chi connectivity index (χ0v) is 9.17. The zero-order valence-electron chi connectivity index (χ0n) is 8.42. The molecule has 1 fully saturated rings. The van der Waals surface area contributed by atoms with Crippen molar-refractivity contribution in [2.45, 2.75) is 31.8 Å². The molecule has 2 rings (SSSR count). The van der Waals surface area contributed by atoms with Gasteiger partial charge in [-0.2, -0.15) is 0 Å². The number of hydrogen-bond donors (Lipinski definition) is 1. The molecule has 0 spiro atoms. The van der Waals surface area contributed by atoms with Crippen LogP contribution in [-0.4, -0.2) is 5.11 Å². The highest BCUT2D eigenvalue weighted by Crippen LogP contribution is 2.36. The van der Waals surface area contributed by atoms with Crippen molar-refractivity contribution in [3.05, 3.63) is 34.6 Å². The monoisotopic (exact) mass is 228 g/mol. The maximum atomic E-state index is 13.2. The predicted octanol–water partition coefficient (Wildman–Crippen LogP) is 3.70. The number of aliphatic hydroxyl groups excluding tert-OH is 1. The fourth-order valence-corrected chi connectivity index (χ4v) is 2.36. The van der Waals surface area contributed by atoms with Gasteiger partial charge in [-0.25, -0.2) is 4.39 Å². The summed E-state index contributed by atoms with van der Waals surface area (Å²) >= 11 is 5.59. The first-order valence-corrected chi connectivity index (χ1v) is 5.69. The SMILES string of the molecule is O[C@@H](c1ccc(Cl)c(F)c1)C1CCCC1. The molecule has 1 aromatic carbocycles. The molecule has 0 unspecified atom stereocenters. The van der Waals surface area contributed by atoms with Gasteiger partial charge in [0.2, 0.25) is 0 Å². The Bertz CT molecular complexity index is 347. The van der Waals surface area contributed by atoms with Crippen molar-refractivity contribution in [2.24, 2.45) is 5.92 Å². The Morgan fingerprint density at radius 2 is 2.00 bits per heavy atom. The summed E-state index contributed by atoms with van der Waals surface area (Å²) in [6.07, 6.45) is 3.85. The molecule has 0 bridgehead atoms. The lowest BCUT2D eigenvalue weighted by atomic mass is 9.94. The maximum absolute atomic E-state index is 13.2. The van der Waals surface area contributed by atoms with Crippen molar-refractivity contribution >= 4 is 11.6 Å². The highest BCUT2D eigenvalue weighted by molar-refractivity contribution is 6.30. The van der Waals surface area contributed by atoms with E-state index in [4.69, 9.17) is 11.6 Å². The van der Waals surface area contributed by atoms with E-state index in [1.165, 1.54) is 12.1 Å². The van der Waals surface area contributed by atoms with Gasteiger partial charge in [0.15, 0.2) is 0 Å². The molecule has 3 heteroatoms. The van der Waals surface area contributed by atoms with E-state index in [9.17, 15) is 9.50 Å². The molecular formula is C12H14ClFO. The topological polar surface area (TPSA) is 20.2 Å². The molecule has 0 heterocycles. The summed E-state index contributed by atoms with van der Waals surface area (Å²) in [4.78, 5) is 0. The largest absolute Gasteiger partial charge is 0.388 e. The second kappa shape index (κ2) is 4.50. The van der Waals surface area contributed by atoms with E-state index in [1.54, 1.807) is 6.07 Å². The first kappa shape index (κ1) is 10.9. The molecule has 1 aliphatic carbocycles. The molecule has 0 saturated heterocycles. The summed E-state index contributed by atoms with van der Waals surface area (Å²) in [5.74, 6) is -0.170. The molecule has 0 aliphatic heterocycles. The smallest absolute Gasteiger partial charge is 0.142 e. The minimum Gasteiger partial charge on any atom is -0.388 e. The standard InChI is InChI=1S/C12H14ClFO/c13-10-6-5-9(7-11(10)14)12(15)8-3-1-2-4-8/h5-8,12,15H,1-4H2/t12-/m1/s1. The number of halogens is 2. The van der Waals surface area contributed by atoms with Gasteiger partial charge in [0.1, 0.15) is 5.82 Å². The van der Waals surface area contributed by atoms with Crippen LogP contribution < -0.4 is 0 Å². The molecule has 1 aliphatic rings. The molecule has 1 aromatic rings. The quantitative estimate of drug-likeness (QED) is 0.818. The van der Waals surface area contributed by atoms with Crippen LogP contribution in [0.15, 0.2) is 18.2 Å². The summed E-state index contributed by atoms with van der Waals surface area (Å²) in [5.41, 5.74) is 0.642. The third kappa shape index (κ3) is 2.32. The van der Waals surface area contributed by atoms with Gasteiger partial charge in [-0.1, -0.05) is 30.5 Å². The normalized spacial score (nSPS) is 19.4. The van der Waals surface area contributed by atoms with Gasteiger partial charge >= 0.3 is 0 Å². The lowest BCUT2D eigenvalue weighted by Gasteiger charge is -2.18. The highest BCUT2D eigenvalue weighted by atomic mass is 35.5. The molecule has 0 amide bonds. The van der Waals surface area contributed by atoms with Gasteiger partial charge in [0.05, 0.1) is 11.1 Å². The molecule has 15 heavy (non-hydrogen) atoms. The summed E-state index contributed by atoms with van der Waals surface area (Å²) in [6.45, 7) is 0. The van der Waals surface area contributed by atoms with E-state index in [-0.39, 0.29) is 10.9 Å². The van der Waals surface area contributed by atoms with Gasteiger partial charge in [-0.05, 0) is 36.5 Å². The Labute approximate surface area is 93.9 Å². The Hall–Kier alpha value is -0.600. The van der Waals surface area contributed by atoms with Gasteiger partial charge in [0.25, 0.3) is 0 Å². The Morgan fingerprint density at radius 1 is 1.33 bits per heavy atom. The Balaban J connectivity index is 2.17. The number of benzene rings is 1. The van der Waals surface area contributed by atoms with E-state index < -0.39 is 11.9 Å². The third-order valence-corrected chi connectivity index (χ3v) is 3.44. The minimum atomic E-state index is -0.542. The van der Waals surface area contributed by atoms with Gasteiger partial charge in [-0.3, -0.25) is 0 Å². The van der Waals surface area contributed by atoms with Crippen molar-refractivity contribution < 1.29 is 9.50 Å². The number of aliphatic hydroxyl groups is 1. The van der Waals surface area contributed by atoms with Crippen LogP contribution in [0.1, 0.15) is 37.4 Å². The molecule has 1 atom stereocenters. The zero-order chi connectivity index (χ0) is 10.8. The molecule has 82 valence electrons. The molecular weight excluding hydrogens is 215 g/mol. The van der Waals surface area contributed by atoms with Crippen LogP contribution in [-0.2, 0) is 0 Å². The first-order valence-electron chi connectivity index (χ1n) is 5.31. The molecule has 1 N–H and O–H groups in total. The molecule has 1 saturated carbocycles. The van der Waals surface area contributed by atoms with E-state index in [1.807, 2.05) is 0 Å². The van der Waals surface area contributed by atoms with Crippen LogP contribution >= 0.6 is 11.6 Å². The van der Waals surface area contributed by atoms with Gasteiger partial charge < -0.3 is 5.11 Å². The van der Waals surface area contributed by atoms with E-state index in [0.717, 1.165) is 25.7 Å². The second-order valence-corrected chi connectivity index (χ2v) is 4.57. The fraction of sp³-hybridized carbons (Fsp3) is 0.500. The summed E-state index contributed by atoms with van der Waals surface area (Å²) in [6, 6.07) is 4.55. The summed E-state index contributed by atoms with van der Waals surface area (Å²) < 4.78 is 13.2. The lowest BCUT2D eigenvalue weighted by Crippen LogP contribution is -2.09. The van der Waals surface area contributed by atoms with Crippen LogP contribution in [0.4, 0.5) is 4.39 Å². The van der Waals surface area contributed by atoms with Crippen molar-refractivity contribution in [2.75, 3.05) is 0 Å². The van der Waals surface area contributed by atoms with Crippen molar-refractivity contribution in [1.29, 1.82) is 0 Å². The van der Waals surface area contributed by atoms with Crippen LogP contribution in [0, 0.1) is 11.7 Å². The second-order valence-electron chi connectivity index (χ2n) is 4.16. The average Bonchev–Trinajstić information content (AvgIpc) is 2.74. The van der Waals surface area contributed by atoms with Crippen molar-refractivity contribution in [3.8, 4) is 0 Å². The Kier molecular flexibility index (Phi) is 3.27. The van der Waals surface area contributed by atoms with E-state index >= 15 is 0 Å². The first-order chi connectivity index (χ1) is 7.18. The van der Waals surface area contributed by atoms with Crippen molar-refractivity contribution in [1.82, 2.24) is 0 Å². The molecule has 0 radical (unpaired) electrons.